The monoisotopic (exact) mass is 199 g/mol. The van der Waals surface area contributed by atoms with Crippen LogP contribution in [0.2, 0.25) is 0 Å². The minimum Gasteiger partial charge on any atom is -0.468 e. The van der Waals surface area contributed by atoms with Crippen molar-refractivity contribution in [3.63, 3.8) is 0 Å². The molecule has 0 aromatic heterocycles. The Hall–Kier alpha value is -1.39. The Bertz CT molecular complexity index is 266. The molecular formula is C9H13NO4. The van der Waals surface area contributed by atoms with Gasteiger partial charge in [-0.15, -0.1) is 0 Å². The van der Waals surface area contributed by atoms with Crippen molar-refractivity contribution >= 4 is 17.7 Å². The number of amides is 1. The predicted molar refractivity (Wildman–Crippen MR) is 47.4 cm³/mol. The molecule has 0 saturated carbocycles. The summed E-state index contributed by atoms with van der Waals surface area (Å²) in [6, 6.07) is 0. The quantitative estimate of drug-likeness (QED) is 0.448. The van der Waals surface area contributed by atoms with Gasteiger partial charge in [0.05, 0.1) is 7.11 Å². The van der Waals surface area contributed by atoms with Gasteiger partial charge in [0.2, 0.25) is 5.91 Å². The molecule has 0 aromatic carbocycles. The topological polar surface area (TPSA) is 63.7 Å². The Morgan fingerprint density at radius 3 is 2.71 bits per heavy atom. The standard InChI is InChI=1S/C9H13NO4/c1-3-10-5-4-6(11)7(8(10)12)9(13)14-2/h7H,3-5H2,1-2H3. The molecule has 14 heavy (non-hydrogen) atoms. The highest BCUT2D eigenvalue weighted by atomic mass is 16.5. The molecule has 0 spiro atoms. The molecule has 5 nitrogen and oxygen atoms in total. The number of carbonyl (C=O) groups excluding carboxylic acids is 3. The lowest BCUT2D eigenvalue weighted by Crippen LogP contribution is -2.49. The zero-order valence-corrected chi connectivity index (χ0v) is 8.28. The van der Waals surface area contributed by atoms with Gasteiger partial charge in [-0.25, -0.2) is 0 Å². The summed E-state index contributed by atoms with van der Waals surface area (Å²) in [5.74, 6) is -2.76. The smallest absolute Gasteiger partial charge is 0.325 e. The first-order chi connectivity index (χ1) is 6.61. The number of esters is 1. The molecule has 78 valence electrons. The Morgan fingerprint density at radius 2 is 2.21 bits per heavy atom. The molecule has 5 heteroatoms. The van der Waals surface area contributed by atoms with E-state index in [9.17, 15) is 14.4 Å². The van der Waals surface area contributed by atoms with E-state index in [0.717, 1.165) is 0 Å². The fraction of sp³-hybridized carbons (Fsp3) is 0.667. The van der Waals surface area contributed by atoms with Crippen LogP contribution >= 0.6 is 0 Å². The number of hydrogen-bond acceptors (Lipinski definition) is 4. The first kappa shape index (κ1) is 10.7. The van der Waals surface area contributed by atoms with Gasteiger partial charge in [0, 0.05) is 19.5 Å². The van der Waals surface area contributed by atoms with E-state index in [-0.39, 0.29) is 12.2 Å². The normalized spacial score (nSPS) is 22.4. The molecule has 1 heterocycles. The van der Waals surface area contributed by atoms with Crippen LogP contribution in [0.3, 0.4) is 0 Å². The van der Waals surface area contributed by atoms with Crippen molar-refractivity contribution in [2.75, 3.05) is 20.2 Å². The zero-order valence-electron chi connectivity index (χ0n) is 8.28. The maximum atomic E-state index is 11.6. The fourth-order valence-electron chi connectivity index (χ4n) is 1.48. The number of rotatable bonds is 2. The van der Waals surface area contributed by atoms with Crippen molar-refractivity contribution in [3.8, 4) is 0 Å². The Morgan fingerprint density at radius 1 is 1.57 bits per heavy atom. The van der Waals surface area contributed by atoms with Crippen molar-refractivity contribution in [2.45, 2.75) is 13.3 Å². The Balaban J connectivity index is 2.84. The minimum absolute atomic E-state index is 0.235. The molecule has 0 aliphatic carbocycles. The van der Waals surface area contributed by atoms with E-state index < -0.39 is 17.8 Å². The molecule has 1 rings (SSSR count). The highest BCUT2D eigenvalue weighted by molar-refractivity contribution is 6.17. The molecule has 0 N–H and O–H groups in total. The number of piperidine rings is 1. The highest BCUT2D eigenvalue weighted by Crippen LogP contribution is 2.15. The lowest BCUT2D eigenvalue weighted by atomic mass is 9.95. The lowest BCUT2D eigenvalue weighted by molar-refractivity contribution is -0.159. The van der Waals surface area contributed by atoms with Gasteiger partial charge in [-0.1, -0.05) is 0 Å². The first-order valence-corrected chi connectivity index (χ1v) is 4.51. The van der Waals surface area contributed by atoms with Crippen LogP contribution in [0.1, 0.15) is 13.3 Å². The van der Waals surface area contributed by atoms with E-state index in [0.29, 0.717) is 13.1 Å². The van der Waals surface area contributed by atoms with Crippen LogP contribution in [0.4, 0.5) is 0 Å². The summed E-state index contributed by atoms with van der Waals surface area (Å²) in [6.07, 6.45) is 0.235. The maximum absolute atomic E-state index is 11.6. The summed E-state index contributed by atoms with van der Waals surface area (Å²) in [6.45, 7) is 2.73. The van der Waals surface area contributed by atoms with Gasteiger partial charge in [-0.3, -0.25) is 14.4 Å². The van der Waals surface area contributed by atoms with Gasteiger partial charge in [0.1, 0.15) is 0 Å². The van der Waals surface area contributed by atoms with Crippen LogP contribution in [0.25, 0.3) is 0 Å². The second-order valence-corrected chi connectivity index (χ2v) is 3.09. The van der Waals surface area contributed by atoms with Crippen LogP contribution in [-0.2, 0) is 19.1 Å². The molecule has 0 radical (unpaired) electrons. The second-order valence-electron chi connectivity index (χ2n) is 3.09. The largest absolute Gasteiger partial charge is 0.468 e. The van der Waals surface area contributed by atoms with Gasteiger partial charge in [0.25, 0.3) is 0 Å². The van der Waals surface area contributed by atoms with Crippen molar-refractivity contribution in [2.24, 2.45) is 5.92 Å². The summed E-state index contributed by atoms with van der Waals surface area (Å²) in [5.41, 5.74) is 0. The number of likely N-dealkylation sites (tertiary alicyclic amines) is 1. The van der Waals surface area contributed by atoms with E-state index >= 15 is 0 Å². The van der Waals surface area contributed by atoms with Gasteiger partial charge in [-0.2, -0.15) is 0 Å². The summed E-state index contributed by atoms with van der Waals surface area (Å²) in [5, 5.41) is 0. The zero-order chi connectivity index (χ0) is 10.7. The molecule has 0 bridgehead atoms. The second kappa shape index (κ2) is 4.21. The van der Waals surface area contributed by atoms with Crippen LogP contribution in [0, 0.1) is 5.92 Å². The van der Waals surface area contributed by atoms with E-state index in [2.05, 4.69) is 4.74 Å². The number of Topliss-reactive ketones (excluding diaryl/α,β-unsaturated/α-hetero) is 1. The van der Waals surface area contributed by atoms with Crippen LogP contribution in [-0.4, -0.2) is 42.8 Å². The van der Waals surface area contributed by atoms with Crippen molar-refractivity contribution in [3.05, 3.63) is 0 Å². The lowest BCUT2D eigenvalue weighted by Gasteiger charge is -2.28. The summed E-state index contributed by atoms with van der Waals surface area (Å²) in [7, 11) is 1.17. The molecular weight excluding hydrogens is 186 g/mol. The number of nitrogens with zero attached hydrogens (tertiary/aromatic N) is 1. The maximum Gasteiger partial charge on any atom is 0.325 e. The average molecular weight is 199 g/mol. The van der Waals surface area contributed by atoms with Gasteiger partial charge < -0.3 is 9.64 Å². The van der Waals surface area contributed by atoms with Gasteiger partial charge in [-0.05, 0) is 6.92 Å². The van der Waals surface area contributed by atoms with Gasteiger partial charge in [0.15, 0.2) is 11.7 Å². The Kier molecular flexibility index (Phi) is 3.22. The molecule has 0 aromatic rings. The number of hydrogen-bond donors (Lipinski definition) is 0. The van der Waals surface area contributed by atoms with Crippen molar-refractivity contribution < 1.29 is 19.1 Å². The third-order valence-electron chi connectivity index (χ3n) is 2.33. The van der Waals surface area contributed by atoms with E-state index in [1.807, 2.05) is 6.92 Å². The van der Waals surface area contributed by atoms with E-state index in [1.165, 1.54) is 12.0 Å². The molecule has 1 aliphatic heterocycles. The summed E-state index contributed by atoms with van der Waals surface area (Å²) in [4.78, 5) is 35.5. The van der Waals surface area contributed by atoms with Crippen molar-refractivity contribution in [1.29, 1.82) is 0 Å². The summed E-state index contributed by atoms with van der Waals surface area (Å²) >= 11 is 0. The third kappa shape index (κ3) is 1.76. The molecule has 1 amide bonds. The highest BCUT2D eigenvalue weighted by Gasteiger charge is 2.40. The van der Waals surface area contributed by atoms with Gasteiger partial charge >= 0.3 is 5.97 Å². The first-order valence-electron chi connectivity index (χ1n) is 4.51. The Labute approximate surface area is 82.0 Å². The SMILES string of the molecule is CCN1CCC(=O)C(C(=O)OC)C1=O. The van der Waals surface area contributed by atoms with E-state index in [1.54, 1.807) is 0 Å². The number of carbonyl (C=O) groups is 3. The van der Waals surface area contributed by atoms with Crippen LogP contribution in [0.15, 0.2) is 0 Å². The van der Waals surface area contributed by atoms with Crippen LogP contribution < -0.4 is 0 Å². The fourth-order valence-corrected chi connectivity index (χ4v) is 1.48. The molecule has 1 unspecified atom stereocenters. The van der Waals surface area contributed by atoms with E-state index in [4.69, 9.17) is 0 Å². The number of ether oxygens (including phenoxy) is 1. The minimum atomic E-state index is -1.23. The number of methoxy groups -OCH3 is 1. The summed E-state index contributed by atoms with van der Waals surface area (Å²) < 4.78 is 4.42. The predicted octanol–water partition coefficient (Wildman–Crippen LogP) is -0.403. The molecule has 1 aliphatic rings. The molecule has 1 saturated heterocycles. The molecule has 1 fully saturated rings. The van der Waals surface area contributed by atoms with Crippen LogP contribution in [0.5, 0.6) is 0 Å². The number of ketones is 1. The third-order valence-corrected chi connectivity index (χ3v) is 2.33. The molecule has 1 atom stereocenters. The van der Waals surface area contributed by atoms with Crippen molar-refractivity contribution in [1.82, 2.24) is 4.90 Å². The average Bonchev–Trinajstić information content (AvgIpc) is 2.18.